The molecule has 136 valence electrons. The Balaban J connectivity index is 1.83. The lowest BCUT2D eigenvalue weighted by atomic mass is 9.86. The van der Waals surface area contributed by atoms with Crippen molar-refractivity contribution in [2.75, 3.05) is 0 Å². The average Bonchev–Trinajstić information content (AvgIpc) is 2.69. The SMILES string of the molecule is O=C(C[C@@H](CC(=O)c1ccc(F)cc1)c1ccc(Cl)cc1)c1ccccc1. The van der Waals surface area contributed by atoms with Crippen LogP contribution in [0.5, 0.6) is 0 Å². The Morgan fingerprint density at radius 3 is 1.81 bits per heavy atom. The van der Waals surface area contributed by atoms with Crippen LogP contribution in [0.1, 0.15) is 45.0 Å². The smallest absolute Gasteiger partial charge is 0.163 e. The molecule has 0 aliphatic carbocycles. The summed E-state index contributed by atoms with van der Waals surface area (Å²) in [7, 11) is 0. The molecule has 0 aliphatic heterocycles. The van der Waals surface area contributed by atoms with E-state index >= 15 is 0 Å². The van der Waals surface area contributed by atoms with Gasteiger partial charge < -0.3 is 0 Å². The van der Waals surface area contributed by atoms with E-state index in [0.717, 1.165) is 5.56 Å². The lowest BCUT2D eigenvalue weighted by Crippen LogP contribution is -2.13. The number of Topliss-reactive ketones (excluding diaryl/α,β-unsaturated/α-hetero) is 2. The Labute approximate surface area is 162 Å². The molecule has 3 rings (SSSR count). The van der Waals surface area contributed by atoms with Crippen LogP contribution >= 0.6 is 11.6 Å². The minimum atomic E-state index is -0.389. The number of benzene rings is 3. The number of hydrogen-bond acceptors (Lipinski definition) is 2. The summed E-state index contributed by atoms with van der Waals surface area (Å²) in [6.45, 7) is 0. The summed E-state index contributed by atoms with van der Waals surface area (Å²) in [6.07, 6.45) is 0.365. The van der Waals surface area contributed by atoms with Gasteiger partial charge in [-0.1, -0.05) is 54.1 Å². The van der Waals surface area contributed by atoms with Gasteiger partial charge in [-0.25, -0.2) is 4.39 Å². The number of carbonyl (C=O) groups excluding carboxylic acids is 2. The van der Waals surface area contributed by atoms with Gasteiger partial charge >= 0.3 is 0 Å². The topological polar surface area (TPSA) is 34.1 Å². The average molecular weight is 381 g/mol. The van der Waals surface area contributed by atoms with Crippen molar-refractivity contribution in [3.05, 3.63) is 106 Å². The molecule has 0 radical (unpaired) electrons. The van der Waals surface area contributed by atoms with Crippen molar-refractivity contribution in [3.63, 3.8) is 0 Å². The summed E-state index contributed by atoms with van der Waals surface area (Å²) >= 11 is 5.97. The highest BCUT2D eigenvalue weighted by atomic mass is 35.5. The molecular weight excluding hydrogens is 363 g/mol. The second-order valence-electron chi connectivity index (χ2n) is 6.38. The summed E-state index contributed by atoms with van der Waals surface area (Å²) in [5.74, 6) is -0.828. The Kier molecular flexibility index (Phi) is 6.15. The second kappa shape index (κ2) is 8.74. The zero-order chi connectivity index (χ0) is 19.2. The maximum Gasteiger partial charge on any atom is 0.163 e. The van der Waals surface area contributed by atoms with Crippen LogP contribution in [0.4, 0.5) is 4.39 Å². The molecule has 3 aromatic carbocycles. The third kappa shape index (κ3) is 5.11. The van der Waals surface area contributed by atoms with Gasteiger partial charge in [-0.05, 0) is 47.9 Å². The van der Waals surface area contributed by atoms with E-state index in [2.05, 4.69) is 0 Å². The van der Waals surface area contributed by atoms with Crippen molar-refractivity contribution in [2.24, 2.45) is 0 Å². The summed E-state index contributed by atoms with van der Waals surface area (Å²) in [4.78, 5) is 25.3. The molecule has 4 heteroatoms. The third-order valence-electron chi connectivity index (χ3n) is 4.47. The van der Waals surface area contributed by atoms with Crippen molar-refractivity contribution in [2.45, 2.75) is 18.8 Å². The Morgan fingerprint density at radius 1 is 0.741 bits per heavy atom. The first kappa shape index (κ1) is 19.0. The van der Waals surface area contributed by atoms with E-state index < -0.39 is 0 Å². The van der Waals surface area contributed by atoms with Crippen LogP contribution in [-0.2, 0) is 0 Å². The molecule has 0 aromatic heterocycles. The normalized spacial score (nSPS) is 11.8. The molecule has 0 amide bonds. The van der Waals surface area contributed by atoms with Crippen LogP contribution in [0.15, 0.2) is 78.9 Å². The van der Waals surface area contributed by atoms with E-state index in [-0.39, 0.29) is 36.1 Å². The molecule has 0 unspecified atom stereocenters. The zero-order valence-electron chi connectivity index (χ0n) is 14.6. The van der Waals surface area contributed by atoms with Crippen LogP contribution in [0, 0.1) is 5.82 Å². The fourth-order valence-corrected chi connectivity index (χ4v) is 3.11. The molecule has 2 nitrogen and oxygen atoms in total. The number of rotatable bonds is 7. The fraction of sp³-hybridized carbons (Fsp3) is 0.130. The van der Waals surface area contributed by atoms with Gasteiger partial charge in [-0.3, -0.25) is 9.59 Å². The fourth-order valence-electron chi connectivity index (χ4n) is 2.99. The van der Waals surface area contributed by atoms with E-state index in [1.54, 1.807) is 24.3 Å². The predicted octanol–water partition coefficient (Wildman–Crippen LogP) is 6.11. The van der Waals surface area contributed by atoms with Crippen LogP contribution in [-0.4, -0.2) is 11.6 Å². The highest BCUT2D eigenvalue weighted by Gasteiger charge is 2.21. The van der Waals surface area contributed by atoms with Gasteiger partial charge in [0, 0.05) is 29.0 Å². The van der Waals surface area contributed by atoms with Gasteiger partial charge in [-0.15, -0.1) is 0 Å². The van der Waals surface area contributed by atoms with Gasteiger partial charge in [0.05, 0.1) is 0 Å². The summed E-state index contributed by atoms with van der Waals surface area (Å²) in [5, 5.41) is 0.594. The number of hydrogen-bond donors (Lipinski definition) is 0. The third-order valence-corrected chi connectivity index (χ3v) is 4.72. The van der Waals surface area contributed by atoms with Crippen molar-refractivity contribution in [1.29, 1.82) is 0 Å². The molecule has 3 aromatic rings. The zero-order valence-corrected chi connectivity index (χ0v) is 15.3. The van der Waals surface area contributed by atoms with Gasteiger partial charge in [0.25, 0.3) is 0 Å². The number of carbonyl (C=O) groups is 2. The lowest BCUT2D eigenvalue weighted by molar-refractivity contribution is 0.0944. The highest BCUT2D eigenvalue weighted by Crippen LogP contribution is 2.28. The van der Waals surface area contributed by atoms with Crippen molar-refractivity contribution >= 4 is 23.2 Å². The van der Waals surface area contributed by atoms with E-state index in [9.17, 15) is 14.0 Å². The highest BCUT2D eigenvalue weighted by molar-refractivity contribution is 6.30. The summed E-state index contributed by atoms with van der Waals surface area (Å²) < 4.78 is 13.1. The molecule has 0 spiro atoms. The largest absolute Gasteiger partial charge is 0.294 e. The minimum absolute atomic E-state index is 0.0255. The molecule has 0 aliphatic rings. The summed E-state index contributed by atoms with van der Waals surface area (Å²) in [6, 6.07) is 21.6. The van der Waals surface area contributed by atoms with Gasteiger partial charge in [0.2, 0.25) is 0 Å². The number of ketones is 2. The molecule has 1 atom stereocenters. The molecule has 0 saturated carbocycles. The minimum Gasteiger partial charge on any atom is -0.294 e. The first-order valence-electron chi connectivity index (χ1n) is 8.65. The van der Waals surface area contributed by atoms with E-state index in [0.29, 0.717) is 16.1 Å². The Hall–Kier alpha value is -2.78. The standard InChI is InChI=1S/C23H18ClFO2/c24-20-10-6-16(7-11-20)19(14-22(26)17-4-2-1-3-5-17)15-23(27)18-8-12-21(25)13-9-18/h1-13,19H,14-15H2/t19-/m0/s1. The van der Waals surface area contributed by atoms with Crippen LogP contribution in [0.25, 0.3) is 0 Å². The van der Waals surface area contributed by atoms with Gasteiger partial charge in [0.1, 0.15) is 5.82 Å². The van der Waals surface area contributed by atoms with E-state index in [1.165, 1.54) is 24.3 Å². The Bertz CT molecular complexity index is 919. The molecule has 0 N–H and O–H groups in total. The van der Waals surface area contributed by atoms with Crippen LogP contribution in [0.2, 0.25) is 5.02 Å². The first-order chi connectivity index (χ1) is 13.0. The summed E-state index contributed by atoms with van der Waals surface area (Å²) in [5.41, 5.74) is 1.92. The second-order valence-corrected chi connectivity index (χ2v) is 6.81. The molecule has 0 saturated heterocycles. The van der Waals surface area contributed by atoms with Gasteiger partial charge in [-0.2, -0.15) is 0 Å². The quantitative estimate of drug-likeness (QED) is 0.463. The van der Waals surface area contributed by atoms with Crippen LogP contribution < -0.4 is 0 Å². The molecule has 27 heavy (non-hydrogen) atoms. The maximum atomic E-state index is 13.1. The lowest BCUT2D eigenvalue weighted by Gasteiger charge is -2.16. The van der Waals surface area contributed by atoms with Crippen molar-refractivity contribution < 1.29 is 14.0 Å². The molecular formula is C23H18ClFO2. The van der Waals surface area contributed by atoms with Crippen LogP contribution in [0.3, 0.4) is 0 Å². The molecule has 0 heterocycles. The molecule has 0 fully saturated rings. The first-order valence-corrected chi connectivity index (χ1v) is 9.03. The van der Waals surface area contributed by atoms with Crippen molar-refractivity contribution in [1.82, 2.24) is 0 Å². The molecule has 0 bridgehead atoms. The predicted molar refractivity (Wildman–Crippen MR) is 105 cm³/mol. The van der Waals surface area contributed by atoms with Gasteiger partial charge in [0.15, 0.2) is 11.6 Å². The maximum absolute atomic E-state index is 13.1. The number of halogens is 2. The van der Waals surface area contributed by atoms with Crippen molar-refractivity contribution in [3.8, 4) is 0 Å². The van der Waals surface area contributed by atoms with E-state index in [1.807, 2.05) is 30.3 Å². The monoisotopic (exact) mass is 380 g/mol. The Morgan fingerprint density at radius 2 is 1.26 bits per heavy atom. The van der Waals surface area contributed by atoms with E-state index in [4.69, 9.17) is 11.6 Å².